The smallest absolute Gasteiger partial charge is 0.0826 e. The minimum absolute atomic E-state index is 0.0923. The van der Waals surface area contributed by atoms with Gasteiger partial charge in [-0.3, -0.25) is 0 Å². The van der Waals surface area contributed by atoms with Crippen LogP contribution in [0.4, 0.5) is 5.69 Å². The van der Waals surface area contributed by atoms with E-state index in [0.29, 0.717) is 0 Å². The van der Waals surface area contributed by atoms with Crippen molar-refractivity contribution in [2.45, 2.75) is 38.4 Å². The van der Waals surface area contributed by atoms with Gasteiger partial charge in [-0.15, -0.1) is 0 Å². The monoisotopic (exact) mass is 249 g/mol. The molecule has 18 heavy (non-hydrogen) atoms. The first kappa shape index (κ1) is 13.4. The van der Waals surface area contributed by atoms with Gasteiger partial charge in [-0.25, -0.2) is 0 Å². The maximum absolute atomic E-state index is 10.0. The third kappa shape index (κ3) is 2.85. The van der Waals surface area contributed by atoms with Crippen LogP contribution < -0.4 is 4.90 Å². The van der Waals surface area contributed by atoms with Crippen LogP contribution in [0.2, 0.25) is 0 Å². The van der Waals surface area contributed by atoms with E-state index in [2.05, 4.69) is 24.8 Å². The zero-order valence-electron chi connectivity index (χ0n) is 11.5. The molecule has 0 saturated carbocycles. The zero-order chi connectivity index (χ0) is 13.2. The number of benzene rings is 1. The van der Waals surface area contributed by atoms with Crippen molar-refractivity contribution in [3.63, 3.8) is 0 Å². The molecule has 1 heterocycles. The van der Waals surface area contributed by atoms with Crippen molar-refractivity contribution in [3.8, 4) is 0 Å². The fraction of sp³-hybridized carbons (Fsp3) is 0.600. The zero-order valence-corrected chi connectivity index (χ0v) is 11.5. The Hall–Kier alpha value is -1.06. The molecule has 1 N–H and O–H groups in total. The van der Waals surface area contributed by atoms with E-state index in [4.69, 9.17) is 4.74 Å². The van der Waals surface area contributed by atoms with Crippen LogP contribution in [0.5, 0.6) is 0 Å². The van der Waals surface area contributed by atoms with Crippen molar-refractivity contribution >= 4 is 5.69 Å². The molecule has 0 aliphatic carbocycles. The Morgan fingerprint density at radius 3 is 2.83 bits per heavy atom. The van der Waals surface area contributed by atoms with Gasteiger partial charge in [0.1, 0.15) is 0 Å². The van der Waals surface area contributed by atoms with Gasteiger partial charge in [0.15, 0.2) is 0 Å². The highest BCUT2D eigenvalue weighted by atomic mass is 16.5. The molecule has 3 heteroatoms. The lowest BCUT2D eigenvalue weighted by atomic mass is 9.97. The van der Waals surface area contributed by atoms with Gasteiger partial charge in [-0.2, -0.15) is 0 Å². The van der Waals surface area contributed by atoms with Gasteiger partial charge in [-0.05, 0) is 32.8 Å². The first-order valence-electron chi connectivity index (χ1n) is 6.60. The molecule has 0 aromatic heterocycles. The van der Waals surface area contributed by atoms with Gasteiger partial charge < -0.3 is 14.7 Å². The molecule has 3 nitrogen and oxygen atoms in total. The van der Waals surface area contributed by atoms with E-state index in [1.165, 1.54) is 5.69 Å². The summed E-state index contributed by atoms with van der Waals surface area (Å²) < 4.78 is 5.46. The second-order valence-electron chi connectivity index (χ2n) is 5.56. The molecule has 1 atom stereocenters. The average molecular weight is 249 g/mol. The molecule has 1 aromatic rings. The molecule has 0 fully saturated rings. The quantitative estimate of drug-likeness (QED) is 0.890. The summed E-state index contributed by atoms with van der Waals surface area (Å²) in [6, 6.07) is 8.14. The Bertz CT molecular complexity index is 403. The molecular weight excluding hydrogens is 226 g/mol. The number of hydrogen-bond acceptors (Lipinski definition) is 3. The SMILES string of the molecule is COC(C)(C)CCN1CCC(O)c2ccccc21. The van der Waals surface area contributed by atoms with Crippen LogP contribution in [-0.4, -0.2) is 30.9 Å². The Morgan fingerprint density at radius 1 is 1.39 bits per heavy atom. The third-order valence-electron chi connectivity index (χ3n) is 3.85. The average Bonchev–Trinajstić information content (AvgIpc) is 2.38. The summed E-state index contributed by atoms with van der Waals surface area (Å²) in [5.74, 6) is 0. The number of hydrogen-bond donors (Lipinski definition) is 1. The van der Waals surface area contributed by atoms with Gasteiger partial charge in [0.05, 0.1) is 11.7 Å². The number of anilines is 1. The molecule has 0 saturated heterocycles. The van der Waals surface area contributed by atoms with E-state index < -0.39 is 0 Å². The van der Waals surface area contributed by atoms with Gasteiger partial charge in [-0.1, -0.05) is 18.2 Å². The summed E-state index contributed by atoms with van der Waals surface area (Å²) in [7, 11) is 1.76. The molecule has 100 valence electrons. The van der Waals surface area contributed by atoms with Gasteiger partial charge in [0.25, 0.3) is 0 Å². The number of para-hydroxylation sites is 1. The minimum atomic E-state index is -0.312. The van der Waals surface area contributed by atoms with Crippen LogP contribution in [-0.2, 0) is 4.74 Å². The van der Waals surface area contributed by atoms with Crippen molar-refractivity contribution in [2.75, 3.05) is 25.1 Å². The predicted octanol–water partition coefficient (Wildman–Crippen LogP) is 2.75. The summed E-state index contributed by atoms with van der Waals surface area (Å²) in [5, 5.41) is 10.0. The van der Waals surface area contributed by atoms with E-state index >= 15 is 0 Å². The Labute approximate surface area is 109 Å². The normalized spacial score (nSPS) is 19.8. The molecule has 0 spiro atoms. The Kier molecular flexibility index (Phi) is 3.93. The maximum atomic E-state index is 10.0. The van der Waals surface area contributed by atoms with Crippen LogP contribution in [0.25, 0.3) is 0 Å². The molecule has 1 aliphatic rings. The number of fused-ring (bicyclic) bond motifs is 1. The summed E-state index contributed by atoms with van der Waals surface area (Å²) in [6.07, 6.45) is 1.48. The molecule has 0 bridgehead atoms. The third-order valence-corrected chi connectivity index (χ3v) is 3.85. The molecule has 1 aromatic carbocycles. The lowest BCUT2D eigenvalue weighted by Gasteiger charge is -2.35. The molecule has 0 radical (unpaired) electrons. The van der Waals surface area contributed by atoms with Gasteiger partial charge in [0, 0.05) is 31.5 Å². The number of nitrogens with zero attached hydrogens (tertiary/aromatic N) is 1. The Morgan fingerprint density at radius 2 is 2.11 bits per heavy atom. The summed E-state index contributed by atoms with van der Waals surface area (Å²) >= 11 is 0. The van der Waals surface area contributed by atoms with E-state index in [0.717, 1.165) is 31.5 Å². The minimum Gasteiger partial charge on any atom is -0.388 e. The highest BCUT2D eigenvalue weighted by molar-refractivity contribution is 5.56. The highest BCUT2D eigenvalue weighted by Crippen LogP contribution is 2.33. The van der Waals surface area contributed by atoms with Crippen molar-refractivity contribution < 1.29 is 9.84 Å². The number of ether oxygens (including phenoxy) is 1. The standard InChI is InChI=1S/C15H23NO2/c1-15(2,18-3)9-11-16-10-8-14(17)12-6-4-5-7-13(12)16/h4-7,14,17H,8-11H2,1-3H3. The highest BCUT2D eigenvalue weighted by Gasteiger charge is 2.25. The van der Waals surface area contributed by atoms with Crippen molar-refractivity contribution in [1.82, 2.24) is 0 Å². The van der Waals surface area contributed by atoms with Crippen LogP contribution in [0, 0.1) is 0 Å². The fourth-order valence-corrected chi connectivity index (χ4v) is 2.35. The molecule has 0 amide bonds. The molecule has 1 unspecified atom stereocenters. The van der Waals surface area contributed by atoms with Gasteiger partial charge in [0.2, 0.25) is 0 Å². The summed E-state index contributed by atoms with van der Waals surface area (Å²) in [6.45, 7) is 6.10. The summed E-state index contributed by atoms with van der Waals surface area (Å²) in [4.78, 5) is 2.35. The summed E-state index contributed by atoms with van der Waals surface area (Å²) in [5.41, 5.74) is 2.13. The molecular formula is C15H23NO2. The van der Waals surface area contributed by atoms with Gasteiger partial charge >= 0.3 is 0 Å². The lowest BCUT2D eigenvalue weighted by Crippen LogP contribution is -2.36. The van der Waals surface area contributed by atoms with Crippen LogP contribution >= 0.6 is 0 Å². The second kappa shape index (κ2) is 5.29. The first-order chi connectivity index (χ1) is 8.53. The van der Waals surface area contributed by atoms with Crippen molar-refractivity contribution in [3.05, 3.63) is 29.8 Å². The van der Waals surface area contributed by atoms with Crippen LogP contribution in [0.1, 0.15) is 38.4 Å². The van der Waals surface area contributed by atoms with Crippen molar-refractivity contribution in [2.24, 2.45) is 0 Å². The topological polar surface area (TPSA) is 32.7 Å². The first-order valence-corrected chi connectivity index (χ1v) is 6.60. The second-order valence-corrected chi connectivity index (χ2v) is 5.56. The molecule has 1 aliphatic heterocycles. The fourth-order valence-electron chi connectivity index (χ4n) is 2.35. The van der Waals surface area contributed by atoms with Crippen LogP contribution in [0.15, 0.2) is 24.3 Å². The molecule has 2 rings (SSSR count). The number of aliphatic hydroxyl groups is 1. The largest absolute Gasteiger partial charge is 0.388 e. The van der Waals surface area contributed by atoms with Crippen molar-refractivity contribution in [1.29, 1.82) is 0 Å². The van der Waals surface area contributed by atoms with E-state index in [1.807, 2.05) is 18.2 Å². The number of aliphatic hydroxyl groups excluding tert-OH is 1. The van der Waals surface area contributed by atoms with E-state index in [-0.39, 0.29) is 11.7 Å². The predicted molar refractivity (Wildman–Crippen MR) is 73.9 cm³/mol. The van der Waals surface area contributed by atoms with Crippen LogP contribution in [0.3, 0.4) is 0 Å². The Balaban J connectivity index is 2.10. The lowest BCUT2D eigenvalue weighted by molar-refractivity contribution is 0.0170. The van der Waals surface area contributed by atoms with E-state index in [1.54, 1.807) is 7.11 Å². The number of rotatable bonds is 4. The van der Waals surface area contributed by atoms with E-state index in [9.17, 15) is 5.11 Å². The number of methoxy groups -OCH3 is 1. The maximum Gasteiger partial charge on any atom is 0.0826 e.